The molecule has 0 unspecified atom stereocenters. The Bertz CT molecular complexity index is 821. The third kappa shape index (κ3) is 2.55. The first-order valence-corrected chi connectivity index (χ1v) is 7.02. The van der Waals surface area contributed by atoms with Crippen molar-refractivity contribution in [2.45, 2.75) is 6.54 Å². The van der Waals surface area contributed by atoms with E-state index in [1.54, 1.807) is 30.5 Å². The number of hydrogen-bond donors (Lipinski definition) is 0. The summed E-state index contributed by atoms with van der Waals surface area (Å²) in [6.45, 7) is 0.411. The molecule has 0 aliphatic rings. The van der Waals surface area contributed by atoms with Gasteiger partial charge in [-0.05, 0) is 30.3 Å². The summed E-state index contributed by atoms with van der Waals surface area (Å²) in [4.78, 5) is 11.1. The van der Waals surface area contributed by atoms with Crippen molar-refractivity contribution in [3.05, 3.63) is 69.6 Å². The zero-order valence-electron chi connectivity index (χ0n) is 10.8. The lowest BCUT2D eigenvalue weighted by molar-refractivity contribution is 0.112. The lowest BCUT2D eigenvalue weighted by Crippen LogP contribution is -1.99. The minimum atomic E-state index is -0.376. The predicted molar refractivity (Wildman–Crippen MR) is 82.8 cm³/mol. The first-order valence-electron chi connectivity index (χ1n) is 6.26. The van der Waals surface area contributed by atoms with Crippen LogP contribution in [0.2, 0.25) is 10.0 Å². The lowest BCUT2D eigenvalue weighted by Gasteiger charge is -2.09. The van der Waals surface area contributed by atoms with Gasteiger partial charge >= 0.3 is 0 Å². The van der Waals surface area contributed by atoms with E-state index in [0.29, 0.717) is 33.8 Å². The number of carbonyl (C=O) groups is 1. The molecule has 2 aromatic carbocycles. The molecule has 0 atom stereocenters. The highest BCUT2D eigenvalue weighted by molar-refractivity contribution is 6.36. The van der Waals surface area contributed by atoms with Crippen molar-refractivity contribution >= 4 is 40.4 Å². The molecule has 0 saturated heterocycles. The Hall–Kier alpha value is -1.84. The van der Waals surface area contributed by atoms with Crippen LogP contribution in [0.4, 0.5) is 4.39 Å². The zero-order chi connectivity index (χ0) is 15.0. The minimum Gasteiger partial charge on any atom is -0.342 e. The fraction of sp³-hybridized carbons (Fsp3) is 0.0625. The summed E-state index contributed by atoms with van der Waals surface area (Å²) in [7, 11) is 0. The first-order chi connectivity index (χ1) is 10.1. The molecular weight excluding hydrogens is 312 g/mol. The van der Waals surface area contributed by atoms with Gasteiger partial charge in [-0.15, -0.1) is 0 Å². The maximum absolute atomic E-state index is 13.3. The third-order valence-corrected chi connectivity index (χ3v) is 4.10. The number of hydrogen-bond acceptors (Lipinski definition) is 1. The number of benzene rings is 2. The van der Waals surface area contributed by atoms with Gasteiger partial charge in [0.1, 0.15) is 5.82 Å². The summed E-state index contributed by atoms with van der Waals surface area (Å²) in [6, 6.07) is 9.64. The van der Waals surface area contributed by atoms with Crippen molar-refractivity contribution in [2.75, 3.05) is 0 Å². The second-order valence-electron chi connectivity index (χ2n) is 4.69. The van der Waals surface area contributed by atoms with Crippen LogP contribution < -0.4 is 0 Å². The number of nitrogens with zero attached hydrogens (tertiary/aromatic N) is 1. The highest BCUT2D eigenvalue weighted by Crippen LogP contribution is 2.28. The summed E-state index contributed by atoms with van der Waals surface area (Å²) < 4.78 is 15.2. The molecule has 1 heterocycles. The summed E-state index contributed by atoms with van der Waals surface area (Å²) in [5.41, 5.74) is 1.96. The van der Waals surface area contributed by atoms with Crippen LogP contribution in [0.1, 0.15) is 15.9 Å². The topological polar surface area (TPSA) is 22.0 Å². The van der Waals surface area contributed by atoms with Gasteiger partial charge in [0.05, 0.1) is 6.54 Å². The van der Waals surface area contributed by atoms with E-state index in [1.807, 2.05) is 4.57 Å². The highest BCUT2D eigenvalue weighted by atomic mass is 35.5. The van der Waals surface area contributed by atoms with Gasteiger partial charge in [-0.25, -0.2) is 4.39 Å². The molecule has 106 valence electrons. The Labute approximate surface area is 130 Å². The quantitative estimate of drug-likeness (QED) is 0.626. The molecule has 0 bridgehead atoms. The average molecular weight is 322 g/mol. The standard InChI is InChI=1S/C16H10Cl2FNO/c17-14-2-1-3-15(18)13(14)8-20-7-10(9-21)12-6-11(19)4-5-16(12)20/h1-7,9H,8H2. The number of aromatic nitrogens is 1. The van der Waals surface area contributed by atoms with E-state index in [0.717, 1.165) is 11.1 Å². The minimum absolute atomic E-state index is 0.376. The SMILES string of the molecule is O=Cc1cn(Cc2c(Cl)cccc2Cl)c2ccc(F)cc12. The van der Waals surface area contributed by atoms with E-state index in [2.05, 4.69) is 0 Å². The van der Waals surface area contributed by atoms with Crippen molar-refractivity contribution in [3.8, 4) is 0 Å². The van der Waals surface area contributed by atoms with Crippen molar-refractivity contribution in [2.24, 2.45) is 0 Å². The number of aldehydes is 1. The molecule has 21 heavy (non-hydrogen) atoms. The normalized spacial score (nSPS) is 11.0. The van der Waals surface area contributed by atoms with E-state index in [4.69, 9.17) is 23.2 Å². The summed E-state index contributed by atoms with van der Waals surface area (Å²) >= 11 is 12.3. The van der Waals surface area contributed by atoms with Crippen molar-refractivity contribution in [1.29, 1.82) is 0 Å². The number of rotatable bonds is 3. The van der Waals surface area contributed by atoms with Gasteiger partial charge in [0, 0.05) is 38.3 Å². The molecule has 3 rings (SSSR count). The van der Waals surface area contributed by atoms with Crippen LogP contribution in [0.5, 0.6) is 0 Å². The van der Waals surface area contributed by atoms with E-state index in [-0.39, 0.29) is 5.82 Å². The van der Waals surface area contributed by atoms with Crippen LogP contribution in [0.3, 0.4) is 0 Å². The molecule has 0 fully saturated rings. The molecule has 0 saturated carbocycles. The second kappa shape index (κ2) is 5.51. The van der Waals surface area contributed by atoms with Gasteiger partial charge in [-0.1, -0.05) is 29.3 Å². The number of halogens is 3. The van der Waals surface area contributed by atoms with E-state index < -0.39 is 0 Å². The predicted octanol–water partition coefficient (Wildman–Crippen LogP) is 4.95. The number of fused-ring (bicyclic) bond motifs is 1. The van der Waals surface area contributed by atoms with Crippen molar-refractivity contribution < 1.29 is 9.18 Å². The Kier molecular flexibility index (Phi) is 3.70. The second-order valence-corrected chi connectivity index (χ2v) is 5.51. The van der Waals surface area contributed by atoms with Crippen LogP contribution in [0.25, 0.3) is 10.9 Å². The molecule has 0 N–H and O–H groups in total. The van der Waals surface area contributed by atoms with E-state index in [1.165, 1.54) is 12.1 Å². The van der Waals surface area contributed by atoms with Crippen LogP contribution in [0, 0.1) is 5.82 Å². The van der Waals surface area contributed by atoms with Gasteiger partial charge < -0.3 is 4.57 Å². The third-order valence-electron chi connectivity index (χ3n) is 3.39. The molecule has 0 amide bonds. The van der Waals surface area contributed by atoms with Crippen LogP contribution >= 0.6 is 23.2 Å². The average Bonchev–Trinajstić information content (AvgIpc) is 2.80. The van der Waals surface area contributed by atoms with Gasteiger partial charge in [-0.2, -0.15) is 0 Å². The molecule has 5 heteroatoms. The largest absolute Gasteiger partial charge is 0.342 e. The van der Waals surface area contributed by atoms with E-state index in [9.17, 15) is 9.18 Å². The monoisotopic (exact) mass is 321 g/mol. The van der Waals surface area contributed by atoms with Crippen molar-refractivity contribution in [1.82, 2.24) is 4.57 Å². The maximum atomic E-state index is 13.3. The first kappa shape index (κ1) is 14.1. The Morgan fingerprint density at radius 3 is 2.52 bits per heavy atom. The Balaban J connectivity index is 2.15. The van der Waals surface area contributed by atoms with E-state index >= 15 is 0 Å². The Morgan fingerprint density at radius 2 is 1.86 bits per heavy atom. The van der Waals surface area contributed by atoms with Crippen LogP contribution in [0.15, 0.2) is 42.6 Å². The fourth-order valence-electron chi connectivity index (χ4n) is 2.38. The fourth-order valence-corrected chi connectivity index (χ4v) is 2.89. The molecular formula is C16H10Cl2FNO. The molecule has 0 spiro atoms. The smallest absolute Gasteiger partial charge is 0.152 e. The lowest BCUT2D eigenvalue weighted by atomic mass is 10.2. The summed E-state index contributed by atoms with van der Waals surface area (Å²) in [5, 5.41) is 1.69. The maximum Gasteiger partial charge on any atom is 0.152 e. The Morgan fingerprint density at radius 1 is 1.14 bits per heavy atom. The molecule has 0 aliphatic heterocycles. The van der Waals surface area contributed by atoms with Gasteiger partial charge in [0.2, 0.25) is 0 Å². The molecule has 0 aliphatic carbocycles. The molecule has 2 nitrogen and oxygen atoms in total. The van der Waals surface area contributed by atoms with Gasteiger partial charge in [0.15, 0.2) is 6.29 Å². The number of carbonyl (C=O) groups excluding carboxylic acids is 1. The zero-order valence-corrected chi connectivity index (χ0v) is 12.3. The molecule has 1 aromatic heterocycles. The molecule has 3 aromatic rings. The van der Waals surface area contributed by atoms with Gasteiger partial charge in [-0.3, -0.25) is 4.79 Å². The summed E-state index contributed by atoms with van der Waals surface area (Å²) in [6.07, 6.45) is 2.39. The summed E-state index contributed by atoms with van der Waals surface area (Å²) in [5.74, 6) is -0.376. The van der Waals surface area contributed by atoms with Crippen LogP contribution in [-0.2, 0) is 6.54 Å². The van der Waals surface area contributed by atoms with Gasteiger partial charge in [0.25, 0.3) is 0 Å². The highest BCUT2D eigenvalue weighted by Gasteiger charge is 2.12. The van der Waals surface area contributed by atoms with Crippen LogP contribution in [-0.4, -0.2) is 10.9 Å². The molecule has 0 radical (unpaired) electrons. The van der Waals surface area contributed by atoms with Crippen molar-refractivity contribution in [3.63, 3.8) is 0 Å².